The van der Waals surface area contributed by atoms with Crippen molar-refractivity contribution in [2.24, 2.45) is 0 Å². The maximum atomic E-state index is 5.16. The summed E-state index contributed by atoms with van der Waals surface area (Å²) in [6.45, 7) is 4.00. The fourth-order valence-corrected chi connectivity index (χ4v) is 1.31. The SMILES string of the molecule is CC.COc1cc2cncnc2cc1OC. The molecule has 1 heterocycles. The van der Waals surface area contributed by atoms with Gasteiger partial charge in [-0.05, 0) is 6.07 Å². The van der Waals surface area contributed by atoms with Gasteiger partial charge in [0.1, 0.15) is 6.33 Å². The predicted molar refractivity (Wildman–Crippen MR) is 64.0 cm³/mol. The zero-order valence-corrected chi connectivity index (χ0v) is 10.0. The second kappa shape index (κ2) is 5.90. The number of hydrogen-bond acceptors (Lipinski definition) is 4. The molecule has 0 saturated carbocycles. The lowest BCUT2D eigenvalue weighted by Crippen LogP contribution is -1.91. The third-order valence-electron chi connectivity index (χ3n) is 2.01. The topological polar surface area (TPSA) is 44.2 Å². The van der Waals surface area contributed by atoms with Crippen molar-refractivity contribution in [1.82, 2.24) is 9.97 Å². The average Bonchev–Trinajstić information content (AvgIpc) is 2.39. The normalized spacial score (nSPS) is 9.25. The minimum atomic E-state index is 0.679. The highest BCUT2D eigenvalue weighted by molar-refractivity contribution is 5.81. The van der Waals surface area contributed by atoms with Crippen molar-refractivity contribution < 1.29 is 9.47 Å². The molecule has 0 N–H and O–H groups in total. The van der Waals surface area contributed by atoms with E-state index >= 15 is 0 Å². The fourth-order valence-electron chi connectivity index (χ4n) is 1.31. The van der Waals surface area contributed by atoms with E-state index in [0.29, 0.717) is 11.5 Å². The number of ether oxygens (including phenoxy) is 2. The number of aromatic nitrogens is 2. The minimum Gasteiger partial charge on any atom is -0.493 e. The van der Waals surface area contributed by atoms with E-state index < -0.39 is 0 Å². The zero-order valence-electron chi connectivity index (χ0n) is 10.0. The summed E-state index contributed by atoms with van der Waals surface area (Å²) in [6, 6.07) is 3.68. The van der Waals surface area contributed by atoms with Gasteiger partial charge in [-0.25, -0.2) is 9.97 Å². The summed E-state index contributed by atoms with van der Waals surface area (Å²) in [5.74, 6) is 1.37. The van der Waals surface area contributed by atoms with Gasteiger partial charge in [0.2, 0.25) is 0 Å². The van der Waals surface area contributed by atoms with Crippen molar-refractivity contribution in [1.29, 1.82) is 0 Å². The molecular weight excluding hydrogens is 204 g/mol. The van der Waals surface area contributed by atoms with E-state index in [9.17, 15) is 0 Å². The number of hydrogen-bond donors (Lipinski definition) is 0. The molecule has 0 aliphatic rings. The van der Waals surface area contributed by atoms with Crippen molar-refractivity contribution in [3.05, 3.63) is 24.7 Å². The Hall–Kier alpha value is -1.84. The van der Waals surface area contributed by atoms with Crippen LogP contribution in [0.15, 0.2) is 24.7 Å². The van der Waals surface area contributed by atoms with Crippen LogP contribution in [-0.4, -0.2) is 24.2 Å². The molecule has 1 aromatic heterocycles. The third kappa shape index (κ3) is 2.39. The van der Waals surface area contributed by atoms with Gasteiger partial charge in [-0.3, -0.25) is 0 Å². The maximum absolute atomic E-state index is 5.16. The van der Waals surface area contributed by atoms with E-state index in [0.717, 1.165) is 10.9 Å². The lowest BCUT2D eigenvalue weighted by molar-refractivity contribution is 0.356. The average molecular weight is 220 g/mol. The van der Waals surface area contributed by atoms with Crippen LogP contribution in [0.3, 0.4) is 0 Å². The fraction of sp³-hybridized carbons (Fsp3) is 0.333. The molecule has 0 unspecified atom stereocenters. The van der Waals surface area contributed by atoms with E-state index in [4.69, 9.17) is 9.47 Å². The van der Waals surface area contributed by atoms with Crippen LogP contribution in [0.4, 0.5) is 0 Å². The van der Waals surface area contributed by atoms with Crippen molar-refractivity contribution in [3.8, 4) is 11.5 Å². The van der Waals surface area contributed by atoms with E-state index in [1.807, 2.05) is 26.0 Å². The molecular formula is C12H16N2O2. The van der Waals surface area contributed by atoms with Gasteiger partial charge in [0, 0.05) is 17.6 Å². The van der Waals surface area contributed by atoms with Gasteiger partial charge in [0.25, 0.3) is 0 Å². The Morgan fingerprint density at radius 1 is 1.00 bits per heavy atom. The molecule has 16 heavy (non-hydrogen) atoms. The van der Waals surface area contributed by atoms with Crippen LogP contribution >= 0.6 is 0 Å². The molecule has 86 valence electrons. The Labute approximate surface area is 95.2 Å². The smallest absolute Gasteiger partial charge is 0.162 e. The highest BCUT2D eigenvalue weighted by Crippen LogP contribution is 2.30. The van der Waals surface area contributed by atoms with E-state index in [1.54, 1.807) is 20.4 Å². The molecule has 4 nitrogen and oxygen atoms in total. The van der Waals surface area contributed by atoms with Gasteiger partial charge in [-0.1, -0.05) is 13.8 Å². The van der Waals surface area contributed by atoms with Crippen LogP contribution in [0.2, 0.25) is 0 Å². The minimum absolute atomic E-state index is 0.679. The Morgan fingerprint density at radius 3 is 2.25 bits per heavy atom. The number of rotatable bonds is 2. The molecule has 0 spiro atoms. The first kappa shape index (κ1) is 12.2. The lowest BCUT2D eigenvalue weighted by Gasteiger charge is -2.07. The van der Waals surface area contributed by atoms with Gasteiger partial charge in [0.05, 0.1) is 19.7 Å². The van der Waals surface area contributed by atoms with Crippen LogP contribution in [0.25, 0.3) is 10.9 Å². The molecule has 4 heteroatoms. The van der Waals surface area contributed by atoms with Gasteiger partial charge < -0.3 is 9.47 Å². The Morgan fingerprint density at radius 2 is 1.62 bits per heavy atom. The monoisotopic (exact) mass is 220 g/mol. The number of fused-ring (bicyclic) bond motifs is 1. The summed E-state index contributed by atoms with van der Waals surface area (Å²) in [5, 5.41) is 0.935. The van der Waals surface area contributed by atoms with Gasteiger partial charge in [-0.15, -0.1) is 0 Å². The molecule has 0 aliphatic carbocycles. The highest BCUT2D eigenvalue weighted by Gasteiger charge is 2.05. The summed E-state index contributed by atoms with van der Waals surface area (Å²) in [7, 11) is 3.21. The molecule has 0 fully saturated rings. The molecule has 2 aromatic rings. The molecule has 0 atom stereocenters. The summed E-state index contributed by atoms with van der Waals surface area (Å²) in [4.78, 5) is 8.05. The van der Waals surface area contributed by atoms with Gasteiger partial charge >= 0.3 is 0 Å². The van der Waals surface area contributed by atoms with E-state index in [1.165, 1.54) is 6.33 Å². The molecule has 0 radical (unpaired) electrons. The largest absolute Gasteiger partial charge is 0.493 e. The Balaban J connectivity index is 0.000000606. The molecule has 0 amide bonds. The van der Waals surface area contributed by atoms with Gasteiger partial charge in [0.15, 0.2) is 11.5 Å². The van der Waals surface area contributed by atoms with E-state index in [2.05, 4.69) is 9.97 Å². The summed E-state index contributed by atoms with van der Waals surface area (Å²) < 4.78 is 10.3. The molecule has 0 saturated heterocycles. The van der Waals surface area contributed by atoms with Crippen LogP contribution in [0.5, 0.6) is 11.5 Å². The Kier molecular flexibility index (Phi) is 4.51. The standard InChI is InChI=1S/C10H10N2O2.C2H6/c1-13-9-3-7-5-11-6-12-8(7)4-10(9)14-2;1-2/h3-6H,1-2H3;1-2H3. The van der Waals surface area contributed by atoms with E-state index in [-0.39, 0.29) is 0 Å². The molecule has 0 aliphatic heterocycles. The lowest BCUT2D eigenvalue weighted by atomic mass is 10.2. The van der Waals surface area contributed by atoms with Crippen molar-refractivity contribution in [3.63, 3.8) is 0 Å². The number of nitrogens with zero attached hydrogens (tertiary/aromatic N) is 2. The molecule has 1 aromatic carbocycles. The predicted octanol–water partition coefficient (Wildman–Crippen LogP) is 2.67. The van der Waals surface area contributed by atoms with Crippen molar-refractivity contribution in [2.75, 3.05) is 14.2 Å². The van der Waals surface area contributed by atoms with Crippen LogP contribution in [0, 0.1) is 0 Å². The van der Waals surface area contributed by atoms with Gasteiger partial charge in [-0.2, -0.15) is 0 Å². The van der Waals surface area contributed by atoms with Crippen LogP contribution in [-0.2, 0) is 0 Å². The Bertz CT molecular complexity index is 415. The van der Waals surface area contributed by atoms with Crippen molar-refractivity contribution in [2.45, 2.75) is 13.8 Å². The van der Waals surface area contributed by atoms with Crippen molar-refractivity contribution >= 4 is 10.9 Å². The zero-order chi connectivity index (χ0) is 12.0. The van der Waals surface area contributed by atoms with Crippen LogP contribution in [0.1, 0.15) is 13.8 Å². The first-order chi connectivity index (χ1) is 7.85. The second-order valence-corrected chi connectivity index (χ2v) is 2.79. The number of benzene rings is 1. The summed E-state index contributed by atoms with van der Waals surface area (Å²) >= 11 is 0. The third-order valence-corrected chi connectivity index (χ3v) is 2.01. The first-order valence-electron chi connectivity index (χ1n) is 5.17. The summed E-state index contributed by atoms with van der Waals surface area (Å²) in [6.07, 6.45) is 3.25. The number of methoxy groups -OCH3 is 2. The quantitative estimate of drug-likeness (QED) is 0.780. The second-order valence-electron chi connectivity index (χ2n) is 2.79. The summed E-state index contributed by atoms with van der Waals surface area (Å²) in [5.41, 5.74) is 0.845. The highest BCUT2D eigenvalue weighted by atomic mass is 16.5. The van der Waals surface area contributed by atoms with Crippen LogP contribution < -0.4 is 9.47 Å². The molecule has 0 bridgehead atoms. The maximum Gasteiger partial charge on any atom is 0.162 e. The molecule has 2 rings (SSSR count). The first-order valence-corrected chi connectivity index (χ1v) is 5.17.